The predicted molar refractivity (Wildman–Crippen MR) is 137 cm³/mol. The molecule has 0 amide bonds. The Morgan fingerprint density at radius 2 is 1.52 bits per heavy atom. The van der Waals surface area contributed by atoms with Crippen molar-refractivity contribution in [3.63, 3.8) is 0 Å². The molecule has 3 aliphatic rings. The van der Waals surface area contributed by atoms with Gasteiger partial charge in [-0.1, -0.05) is 6.08 Å². The molecule has 1 heterocycles. The second-order valence-corrected chi connectivity index (χ2v) is 9.74. The van der Waals surface area contributed by atoms with E-state index in [1.165, 1.54) is 0 Å². The molecule has 0 saturated carbocycles. The molecule has 2 aliphatic carbocycles. The number of benzene rings is 2. The Hall–Kier alpha value is -5.79. The Morgan fingerprint density at radius 3 is 2.17 bits per heavy atom. The van der Waals surface area contributed by atoms with Gasteiger partial charge in [-0.2, -0.15) is 0 Å². The summed E-state index contributed by atoms with van der Waals surface area (Å²) in [5.41, 5.74) is -1.44. The van der Waals surface area contributed by atoms with Gasteiger partial charge in [-0.25, -0.2) is 9.59 Å². The quantitative estimate of drug-likeness (QED) is 0.185. The number of hydrogen-bond acceptors (Lipinski definition) is 13. The number of carbonyl (C=O) groups is 3. The third-order valence-electron chi connectivity index (χ3n) is 7.12. The van der Waals surface area contributed by atoms with Crippen LogP contribution >= 0.6 is 0 Å². The fraction of sp³-hybridized carbons (Fsp3) is 0.179. The number of carbonyl (C=O) groups excluding carboxylic acids is 2. The molecular formula is C28H22O14. The number of phenols is 5. The molecule has 0 fully saturated rings. The van der Waals surface area contributed by atoms with E-state index in [9.17, 15) is 60.3 Å². The maximum Gasteiger partial charge on any atom is 0.338 e. The Morgan fingerprint density at radius 1 is 0.857 bits per heavy atom. The van der Waals surface area contributed by atoms with Crippen molar-refractivity contribution in [2.24, 2.45) is 11.8 Å². The van der Waals surface area contributed by atoms with Gasteiger partial charge in [0.15, 0.2) is 34.5 Å². The van der Waals surface area contributed by atoms with E-state index < -0.39 is 105 Å². The minimum atomic E-state index is -1.53. The number of rotatable bonds is 4. The smallest absolute Gasteiger partial charge is 0.338 e. The van der Waals surface area contributed by atoms with Crippen LogP contribution < -0.4 is 4.74 Å². The van der Waals surface area contributed by atoms with E-state index in [0.717, 1.165) is 36.4 Å². The molecule has 2 aromatic rings. The lowest BCUT2D eigenvalue weighted by Crippen LogP contribution is -2.48. The van der Waals surface area contributed by atoms with Crippen LogP contribution in [-0.2, 0) is 20.7 Å². The summed E-state index contributed by atoms with van der Waals surface area (Å²) in [5, 5.41) is 90.7. The number of fused-ring (bicyclic) bond motifs is 2. The summed E-state index contributed by atoms with van der Waals surface area (Å²) in [7, 11) is 0. The number of esters is 1. The SMILES string of the molecule is O=C(O)C1=CC2C(=C(O)C(O)=CC2[C@H]2Oc3cc(O)cc(O)c3C[C@H]2OC(=O)c2cc(O)c(O)c(O)c2)C(=O)C(O)=C1. The van der Waals surface area contributed by atoms with Gasteiger partial charge in [0.05, 0.1) is 16.7 Å². The van der Waals surface area contributed by atoms with E-state index >= 15 is 0 Å². The molecule has 14 nitrogen and oxygen atoms in total. The minimum absolute atomic E-state index is 0.0821. The second-order valence-electron chi connectivity index (χ2n) is 9.74. The lowest BCUT2D eigenvalue weighted by Gasteiger charge is -2.40. The predicted octanol–water partition coefficient (Wildman–Crippen LogP) is 2.28. The molecule has 2 unspecified atom stereocenters. The molecule has 0 saturated heterocycles. The highest BCUT2D eigenvalue weighted by atomic mass is 16.6. The second kappa shape index (κ2) is 9.99. The number of aliphatic hydroxyl groups is 3. The third-order valence-corrected chi connectivity index (χ3v) is 7.12. The zero-order valence-electron chi connectivity index (χ0n) is 21.1. The molecule has 4 atom stereocenters. The topological polar surface area (TPSA) is 252 Å². The zero-order chi connectivity index (χ0) is 30.6. The number of aliphatic hydroxyl groups excluding tert-OH is 3. The van der Waals surface area contributed by atoms with Crippen molar-refractivity contribution < 1.29 is 69.8 Å². The van der Waals surface area contributed by atoms with Gasteiger partial charge in [-0.15, -0.1) is 0 Å². The van der Waals surface area contributed by atoms with Gasteiger partial charge < -0.3 is 55.4 Å². The molecule has 2 aromatic carbocycles. The lowest BCUT2D eigenvalue weighted by atomic mass is 9.73. The van der Waals surface area contributed by atoms with Crippen molar-refractivity contribution in [3.8, 4) is 34.5 Å². The number of carboxylic acid groups (broad SMARTS) is 1. The van der Waals surface area contributed by atoms with Gasteiger partial charge in [0.2, 0.25) is 5.78 Å². The third kappa shape index (κ3) is 4.64. The number of ketones is 1. The first-order valence-corrected chi connectivity index (χ1v) is 12.2. The number of phenolic OH excluding ortho intramolecular Hbond substituents is 5. The van der Waals surface area contributed by atoms with E-state index in [4.69, 9.17) is 9.47 Å². The van der Waals surface area contributed by atoms with Crippen LogP contribution in [0.1, 0.15) is 15.9 Å². The van der Waals surface area contributed by atoms with Crippen LogP contribution in [0.25, 0.3) is 0 Å². The van der Waals surface area contributed by atoms with E-state index in [1.807, 2.05) is 0 Å². The number of ether oxygens (including phenoxy) is 2. The summed E-state index contributed by atoms with van der Waals surface area (Å²) in [4.78, 5) is 38.0. The fourth-order valence-electron chi connectivity index (χ4n) is 5.16. The highest BCUT2D eigenvalue weighted by Gasteiger charge is 2.47. The van der Waals surface area contributed by atoms with Crippen molar-refractivity contribution >= 4 is 17.7 Å². The van der Waals surface area contributed by atoms with Crippen LogP contribution in [0.2, 0.25) is 0 Å². The Balaban J connectivity index is 1.62. The van der Waals surface area contributed by atoms with Crippen molar-refractivity contribution in [1.82, 2.24) is 0 Å². The molecule has 5 rings (SSSR count). The highest BCUT2D eigenvalue weighted by Crippen LogP contribution is 2.46. The van der Waals surface area contributed by atoms with Gasteiger partial charge in [0, 0.05) is 36.0 Å². The maximum absolute atomic E-state index is 13.1. The van der Waals surface area contributed by atoms with E-state index in [0.29, 0.717) is 6.08 Å². The first-order valence-electron chi connectivity index (χ1n) is 12.2. The number of allylic oxidation sites excluding steroid dienone is 2. The zero-order valence-corrected chi connectivity index (χ0v) is 21.1. The molecule has 0 radical (unpaired) electrons. The van der Waals surface area contributed by atoms with Gasteiger partial charge in [0.25, 0.3) is 0 Å². The van der Waals surface area contributed by atoms with Gasteiger partial charge >= 0.3 is 11.9 Å². The van der Waals surface area contributed by atoms with Crippen molar-refractivity contribution in [2.45, 2.75) is 18.6 Å². The molecule has 0 spiro atoms. The van der Waals surface area contributed by atoms with E-state index in [1.54, 1.807) is 0 Å². The molecule has 0 bridgehead atoms. The Bertz CT molecular complexity index is 1650. The molecular weight excluding hydrogens is 560 g/mol. The summed E-state index contributed by atoms with van der Waals surface area (Å²) >= 11 is 0. The monoisotopic (exact) mass is 582 g/mol. The van der Waals surface area contributed by atoms with Gasteiger partial charge in [-0.05, 0) is 24.3 Å². The number of aromatic hydroxyl groups is 5. The normalized spacial score (nSPS) is 23.3. The summed E-state index contributed by atoms with van der Waals surface area (Å²) < 4.78 is 11.6. The summed E-state index contributed by atoms with van der Waals surface area (Å²) in [6, 6.07) is 3.76. The molecule has 0 aromatic heterocycles. The minimum Gasteiger partial charge on any atom is -0.508 e. The molecule has 218 valence electrons. The summed E-state index contributed by atoms with van der Waals surface area (Å²) in [6.45, 7) is 0. The first kappa shape index (κ1) is 27.8. The van der Waals surface area contributed by atoms with Crippen molar-refractivity contribution in [2.75, 3.05) is 0 Å². The maximum atomic E-state index is 13.1. The fourth-order valence-corrected chi connectivity index (χ4v) is 5.16. The van der Waals surface area contributed by atoms with E-state index in [-0.39, 0.29) is 17.7 Å². The van der Waals surface area contributed by atoms with Crippen molar-refractivity contribution in [1.29, 1.82) is 0 Å². The largest absolute Gasteiger partial charge is 0.508 e. The van der Waals surface area contributed by atoms with Gasteiger partial charge in [-0.3, -0.25) is 4.79 Å². The van der Waals surface area contributed by atoms with Crippen molar-refractivity contribution in [3.05, 3.63) is 82.0 Å². The molecule has 1 aliphatic heterocycles. The van der Waals surface area contributed by atoms with Crippen LogP contribution in [0, 0.1) is 11.8 Å². The first-order chi connectivity index (χ1) is 19.8. The lowest BCUT2D eigenvalue weighted by molar-refractivity contribution is -0.132. The van der Waals surface area contributed by atoms with Crippen LogP contribution in [0.5, 0.6) is 34.5 Å². The van der Waals surface area contributed by atoms with E-state index in [2.05, 4.69) is 0 Å². The number of aliphatic carboxylic acids is 1. The number of hydrogen-bond donors (Lipinski definition) is 9. The van der Waals surface area contributed by atoms with Crippen LogP contribution in [-0.4, -0.2) is 75.9 Å². The molecule has 14 heteroatoms. The Kier molecular flexibility index (Phi) is 6.61. The average Bonchev–Trinajstić information content (AvgIpc) is 3.05. The van der Waals surface area contributed by atoms with Gasteiger partial charge in [0.1, 0.15) is 29.5 Å². The molecule has 42 heavy (non-hydrogen) atoms. The standard InChI is InChI=1S/C28H22O14/c29-11-5-15(30)14-8-21(42-28(40)10-3-16(31)23(35)17(32)4-10)26(41-20(14)6-11)13-7-19(34)25(37)22-12(13)1-9(27(38)39)2-18(33)24(22)36/h1-7,12-13,21,26,29-35,37H,8H2,(H,38,39)/t12?,13?,21-,26-/m1/s1. The van der Waals surface area contributed by atoms with Crippen LogP contribution in [0.3, 0.4) is 0 Å². The number of carboxylic acids is 1. The summed E-state index contributed by atoms with van der Waals surface area (Å²) in [5.74, 6) is -12.8. The Labute approximate surface area is 234 Å². The van der Waals surface area contributed by atoms with Crippen LogP contribution in [0.4, 0.5) is 0 Å². The average molecular weight is 582 g/mol. The molecule has 9 N–H and O–H groups in total. The number of Topliss-reactive ketones (excluding diaryl/α,β-unsaturated/α-hetero) is 1. The summed E-state index contributed by atoms with van der Waals surface area (Å²) in [6.07, 6.45) is -0.342. The van der Waals surface area contributed by atoms with Crippen LogP contribution in [0.15, 0.2) is 70.9 Å². The highest BCUT2D eigenvalue weighted by molar-refractivity contribution is 6.10.